The van der Waals surface area contributed by atoms with Gasteiger partial charge < -0.3 is 15.0 Å². The fraction of sp³-hybridized carbons (Fsp3) is 0.417. The van der Waals surface area contributed by atoms with E-state index in [1.807, 2.05) is 45.0 Å². The molecule has 0 unspecified atom stereocenters. The van der Waals surface area contributed by atoms with Gasteiger partial charge in [0, 0.05) is 24.0 Å². The van der Waals surface area contributed by atoms with Gasteiger partial charge in [0.05, 0.1) is 6.61 Å². The van der Waals surface area contributed by atoms with Gasteiger partial charge in [0.1, 0.15) is 11.8 Å². The van der Waals surface area contributed by atoms with Gasteiger partial charge in [-0.1, -0.05) is 35.9 Å². The molecule has 0 aliphatic rings. The third kappa shape index (κ3) is 7.38. The van der Waals surface area contributed by atoms with Gasteiger partial charge >= 0.3 is 0 Å². The van der Waals surface area contributed by atoms with Gasteiger partial charge in [-0.3, -0.25) is 9.59 Å². The highest BCUT2D eigenvalue weighted by molar-refractivity contribution is 6.30. The minimum atomic E-state index is -0.559. The molecule has 2 amide bonds. The number of aryl methyl sites for hydroxylation is 1. The Morgan fingerprint density at radius 3 is 2.37 bits per heavy atom. The van der Waals surface area contributed by atoms with E-state index in [-0.39, 0.29) is 17.9 Å². The average molecular weight is 431 g/mol. The third-order valence-corrected chi connectivity index (χ3v) is 5.07. The van der Waals surface area contributed by atoms with E-state index in [1.54, 1.807) is 36.1 Å². The van der Waals surface area contributed by atoms with Crippen LogP contribution in [0.5, 0.6) is 5.75 Å². The molecule has 2 aromatic carbocycles. The lowest BCUT2D eigenvalue weighted by Gasteiger charge is -2.30. The molecule has 2 aromatic rings. The number of ether oxygens (including phenoxy) is 1. The highest BCUT2D eigenvalue weighted by Gasteiger charge is 2.26. The zero-order chi connectivity index (χ0) is 22.1. The summed E-state index contributed by atoms with van der Waals surface area (Å²) in [4.78, 5) is 27.3. The van der Waals surface area contributed by atoms with E-state index in [0.717, 1.165) is 11.1 Å². The van der Waals surface area contributed by atoms with Crippen molar-refractivity contribution < 1.29 is 14.3 Å². The van der Waals surface area contributed by atoms with Gasteiger partial charge in [-0.15, -0.1) is 0 Å². The molecule has 0 aromatic heterocycles. The number of hydrogen-bond acceptors (Lipinski definition) is 3. The van der Waals surface area contributed by atoms with Gasteiger partial charge in [-0.2, -0.15) is 0 Å². The predicted molar refractivity (Wildman–Crippen MR) is 121 cm³/mol. The Balaban J connectivity index is 2.00. The lowest BCUT2D eigenvalue weighted by molar-refractivity contribution is -0.141. The standard InChI is InChI=1S/C24H31ClN2O3/c1-17(2)26-24(29)19(4)27(16-20-9-6-5-8-18(20)3)23(28)10-7-15-30-22-13-11-21(25)12-14-22/h5-6,8-9,11-14,17,19H,7,10,15-16H2,1-4H3,(H,26,29)/t19-/m0/s1. The first kappa shape index (κ1) is 23.7. The Hall–Kier alpha value is -2.53. The first-order chi connectivity index (χ1) is 14.3. The molecule has 162 valence electrons. The summed E-state index contributed by atoms with van der Waals surface area (Å²) in [5.41, 5.74) is 2.13. The second-order valence-corrected chi connectivity index (χ2v) is 8.13. The Labute approximate surface area is 184 Å². The largest absolute Gasteiger partial charge is 0.494 e. The van der Waals surface area contributed by atoms with E-state index in [2.05, 4.69) is 5.32 Å². The van der Waals surface area contributed by atoms with Crippen LogP contribution in [0.4, 0.5) is 0 Å². The van der Waals surface area contributed by atoms with Gasteiger partial charge in [-0.05, 0) is 69.5 Å². The van der Waals surface area contributed by atoms with Crippen molar-refractivity contribution in [2.24, 2.45) is 0 Å². The van der Waals surface area contributed by atoms with Crippen molar-refractivity contribution in [3.8, 4) is 5.75 Å². The Morgan fingerprint density at radius 1 is 1.07 bits per heavy atom. The van der Waals surface area contributed by atoms with Gasteiger partial charge in [0.25, 0.3) is 0 Å². The molecule has 0 bridgehead atoms. The first-order valence-electron chi connectivity index (χ1n) is 10.3. The summed E-state index contributed by atoms with van der Waals surface area (Å²) in [7, 11) is 0. The van der Waals surface area contributed by atoms with Crippen molar-refractivity contribution >= 4 is 23.4 Å². The van der Waals surface area contributed by atoms with Crippen LogP contribution < -0.4 is 10.1 Å². The van der Waals surface area contributed by atoms with Crippen LogP contribution in [0.3, 0.4) is 0 Å². The second kappa shape index (κ2) is 11.6. The zero-order valence-electron chi connectivity index (χ0n) is 18.2. The molecule has 0 saturated carbocycles. The molecule has 2 rings (SSSR count). The highest BCUT2D eigenvalue weighted by atomic mass is 35.5. The lowest BCUT2D eigenvalue weighted by atomic mass is 10.1. The molecular formula is C24H31ClN2O3. The Kier molecular flexibility index (Phi) is 9.18. The number of nitrogens with one attached hydrogen (secondary N) is 1. The average Bonchev–Trinajstić information content (AvgIpc) is 2.70. The van der Waals surface area contributed by atoms with Crippen molar-refractivity contribution in [3.63, 3.8) is 0 Å². The maximum Gasteiger partial charge on any atom is 0.242 e. The lowest BCUT2D eigenvalue weighted by Crippen LogP contribution is -2.49. The quantitative estimate of drug-likeness (QED) is 0.553. The van der Waals surface area contributed by atoms with Gasteiger partial charge in [0.15, 0.2) is 0 Å². The van der Waals surface area contributed by atoms with E-state index in [1.165, 1.54) is 0 Å². The van der Waals surface area contributed by atoms with E-state index < -0.39 is 6.04 Å². The summed E-state index contributed by atoms with van der Waals surface area (Å²) in [6.07, 6.45) is 0.864. The predicted octanol–water partition coefficient (Wildman–Crippen LogP) is 4.75. The molecule has 0 radical (unpaired) electrons. The fourth-order valence-corrected chi connectivity index (χ4v) is 3.17. The summed E-state index contributed by atoms with van der Waals surface area (Å²) >= 11 is 5.88. The Morgan fingerprint density at radius 2 is 1.73 bits per heavy atom. The molecule has 0 aliphatic heterocycles. The number of nitrogens with zero attached hydrogens (tertiary/aromatic N) is 1. The summed E-state index contributed by atoms with van der Waals surface area (Å²) in [5.74, 6) is 0.502. The summed E-state index contributed by atoms with van der Waals surface area (Å²) in [6, 6.07) is 14.5. The van der Waals surface area contributed by atoms with Crippen LogP contribution in [-0.2, 0) is 16.1 Å². The molecule has 0 fully saturated rings. The van der Waals surface area contributed by atoms with Crippen LogP contribution in [0.2, 0.25) is 5.02 Å². The second-order valence-electron chi connectivity index (χ2n) is 7.69. The smallest absolute Gasteiger partial charge is 0.242 e. The van der Waals surface area contributed by atoms with Crippen LogP contribution in [0, 0.1) is 6.92 Å². The monoisotopic (exact) mass is 430 g/mol. The summed E-state index contributed by atoms with van der Waals surface area (Å²) in [5, 5.41) is 3.55. The topological polar surface area (TPSA) is 58.6 Å². The number of rotatable bonds is 10. The van der Waals surface area contributed by atoms with E-state index in [4.69, 9.17) is 16.3 Å². The molecule has 30 heavy (non-hydrogen) atoms. The van der Waals surface area contributed by atoms with Crippen LogP contribution >= 0.6 is 11.6 Å². The van der Waals surface area contributed by atoms with E-state index in [9.17, 15) is 9.59 Å². The van der Waals surface area contributed by atoms with Crippen molar-refractivity contribution in [1.29, 1.82) is 0 Å². The van der Waals surface area contributed by atoms with Crippen molar-refractivity contribution in [2.75, 3.05) is 6.61 Å². The molecule has 1 N–H and O–H groups in total. The molecule has 6 heteroatoms. The molecule has 5 nitrogen and oxygen atoms in total. The molecule has 0 saturated heterocycles. The fourth-order valence-electron chi connectivity index (χ4n) is 3.05. The van der Waals surface area contributed by atoms with Crippen molar-refractivity contribution in [3.05, 3.63) is 64.7 Å². The number of carbonyl (C=O) groups is 2. The normalized spacial score (nSPS) is 11.8. The maximum absolute atomic E-state index is 13.0. The number of hydrogen-bond donors (Lipinski definition) is 1. The summed E-state index contributed by atoms with van der Waals surface area (Å²) < 4.78 is 5.68. The first-order valence-corrected chi connectivity index (χ1v) is 10.7. The third-order valence-electron chi connectivity index (χ3n) is 4.82. The highest BCUT2D eigenvalue weighted by Crippen LogP contribution is 2.17. The van der Waals surface area contributed by atoms with Crippen LogP contribution in [0.15, 0.2) is 48.5 Å². The number of amides is 2. The maximum atomic E-state index is 13.0. The van der Waals surface area contributed by atoms with E-state index in [0.29, 0.717) is 36.8 Å². The molecule has 0 spiro atoms. The molecule has 0 aliphatic carbocycles. The molecule has 1 atom stereocenters. The molecule has 0 heterocycles. The number of carbonyl (C=O) groups excluding carboxylic acids is 2. The van der Waals surface area contributed by atoms with Crippen LogP contribution in [0.25, 0.3) is 0 Å². The van der Waals surface area contributed by atoms with E-state index >= 15 is 0 Å². The zero-order valence-corrected chi connectivity index (χ0v) is 18.9. The van der Waals surface area contributed by atoms with Gasteiger partial charge in [0.2, 0.25) is 11.8 Å². The SMILES string of the molecule is Cc1ccccc1CN(C(=O)CCCOc1ccc(Cl)cc1)[C@@H](C)C(=O)NC(C)C. The van der Waals surface area contributed by atoms with Crippen molar-refractivity contribution in [2.45, 2.75) is 59.2 Å². The molecular weight excluding hydrogens is 400 g/mol. The minimum Gasteiger partial charge on any atom is -0.494 e. The van der Waals surface area contributed by atoms with Crippen molar-refractivity contribution in [1.82, 2.24) is 10.2 Å². The van der Waals surface area contributed by atoms with Gasteiger partial charge in [-0.25, -0.2) is 0 Å². The number of halogens is 1. The minimum absolute atomic E-state index is 0.0168. The summed E-state index contributed by atoms with van der Waals surface area (Å²) in [6.45, 7) is 8.42. The van der Waals surface area contributed by atoms with Crippen LogP contribution in [-0.4, -0.2) is 35.4 Å². The van der Waals surface area contributed by atoms with Crippen LogP contribution in [0.1, 0.15) is 44.7 Å². The number of benzene rings is 2. The Bertz CT molecular complexity index is 837.